The second-order valence-corrected chi connectivity index (χ2v) is 8.17. The molecule has 0 aliphatic heterocycles. The van der Waals surface area contributed by atoms with Crippen molar-refractivity contribution in [1.29, 1.82) is 0 Å². The van der Waals surface area contributed by atoms with Crippen molar-refractivity contribution in [3.05, 3.63) is 75.1 Å². The second kappa shape index (κ2) is 8.50. The highest BCUT2D eigenvalue weighted by molar-refractivity contribution is 9.10. The second-order valence-electron chi connectivity index (χ2n) is 6.17. The summed E-state index contributed by atoms with van der Waals surface area (Å²) in [6.07, 6.45) is 0. The summed E-state index contributed by atoms with van der Waals surface area (Å²) in [7, 11) is 0. The van der Waals surface area contributed by atoms with Gasteiger partial charge in [0.25, 0.3) is 5.91 Å². The number of hydrogen-bond donors (Lipinski definition) is 2. The van der Waals surface area contributed by atoms with Crippen molar-refractivity contribution in [1.82, 2.24) is 5.32 Å². The van der Waals surface area contributed by atoms with Gasteiger partial charge >= 0.3 is 0 Å². The summed E-state index contributed by atoms with van der Waals surface area (Å²) in [6.45, 7) is 3.81. The average Bonchev–Trinajstić information content (AvgIpc) is 3.14. The van der Waals surface area contributed by atoms with E-state index in [2.05, 4.69) is 26.6 Å². The average molecular weight is 443 g/mol. The quantitative estimate of drug-likeness (QED) is 0.572. The Morgan fingerprint density at radius 2 is 1.63 bits per heavy atom. The highest BCUT2D eigenvalue weighted by atomic mass is 79.9. The van der Waals surface area contributed by atoms with Crippen LogP contribution in [0.25, 0.3) is 10.4 Å². The predicted molar refractivity (Wildman–Crippen MR) is 114 cm³/mol. The number of aryl methyl sites for hydroxylation is 2. The normalized spacial score (nSPS) is 10.5. The summed E-state index contributed by atoms with van der Waals surface area (Å²) >= 11 is 4.82. The lowest BCUT2D eigenvalue weighted by atomic mass is 10.1. The molecule has 1 aromatic heterocycles. The van der Waals surface area contributed by atoms with Crippen LogP contribution in [0, 0.1) is 13.8 Å². The zero-order chi connectivity index (χ0) is 19.4. The molecule has 0 fully saturated rings. The van der Waals surface area contributed by atoms with E-state index in [1.54, 1.807) is 6.07 Å². The van der Waals surface area contributed by atoms with E-state index in [1.807, 2.05) is 62.4 Å². The van der Waals surface area contributed by atoms with Gasteiger partial charge < -0.3 is 10.6 Å². The van der Waals surface area contributed by atoms with E-state index >= 15 is 0 Å². The van der Waals surface area contributed by atoms with Crippen LogP contribution in [-0.2, 0) is 4.79 Å². The lowest BCUT2D eigenvalue weighted by Gasteiger charge is -2.11. The summed E-state index contributed by atoms with van der Waals surface area (Å²) in [4.78, 5) is 26.1. The van der Waals surface area contributed by atoms with Gasteiger partial charge in [-0.3, -0.25) is 9.59 Å². The van der Waals surface area contributed by atoms with Crippen LogP contribution in [0.5, 0.6) is 0 Å². The fourth-order valence-corrected chi connectivity index (χ4v) is 3.86. The van der Waals surface area contributed by atoms with Gasteiger partial charge in [-0.05, 0) is 54.8 Å². The molecule has 2 amide bonds. The predicted octanol–water partition coefficient (Wildman–Crippen LogP) is 5.16. The Kier molecular flexibility index (Phi) is 6.08. The van der Waals surface area contributed by atoms with E-state index in [9.17, 15) is 9.59 Å². The van der Waals surface area contributed by atoms with Gasteiger partial charge in [-0.15, -0.1) is 11.3 Å². The Balaban J connectivity index is 1.59. The molecule has 0 unspecified atom stereocenters. The molecule has 3 aromatic rings. The summed E-state index contributed by atoms with van der Waals surface area (Å²) in [5, 5.41) is 5.55. The van der Waals surface area contributed by atoms with Crippen molar-refractivity contribution in [2.75, 3.05) is 11.9 Å². The topological polar surface area (TPSA) is 58.2 Å². The van der Waals surface area contributed by atoms with Crippen LogP contribution in [0.4, 0.5) is 5.69 Å². The third kappa shape index (κ3) is 4.84. The van der Waals surface area contributed by atoms with Crippen LogP contribution in [0.2, 0.25) is 0 Å². The van der Waals surface area contributed by atoms with E-state index in [-0.39, 0.29) is 18.4 Å². The SMILES string of the molecule is Cc1cccc(C)c1NC(=O)CNC(=O)c1ccc(-c2ccc(Br)cc2)s1. The van der Waals surface area contributed by atoms with Gasteiger partial charge in [0.1, 0.15) is 0 Å². The maximum Gasteiger partial charge on any atom is 0.261 e. The van der Waals surface area contributed by atoms with Gasteiger partial charge in [0.05, 0.1) is 11.4 Å². The fourth-order valence-electron chi connectivity index (χ4n) is 2.67. The van der Waals surface area contributed by atoms with E-state index in [4.69, 9.17) is 0 Å². The van der Waals surface area contributed by atoms with Crippen LogP contribution >= 0.6 is 27.3 Å². The highest BCUT2D eigenvalue weighted by Crippen LogP contribution is 2.29. The van der Waals surface area contributed by atoms with Crippen LogP contribution in [-0.4, -0.2) is 18.4 Å². The zero-order valence-electron chi connectivity index (χ0n) is 15.0. The number of carbonyl (C=O) groups excluding carboxylic acids is 2. The zero-order valence-corrected chi connectivity index (χ0v) is 17.4. The summed E-state index contributed by atoms with van der Waals surface area (Å²) < 4.78 is 1.01. The Hall–Kier alpha value is -2.44. The van der Waals surface area contributed by atoms with E-state index in [0.29, 0.717) is 4.88 Å². The Labute approximate surface area is 170 Å². The molecular weight excluding hydrogens is 424 g/mol. The van der Waals surface area contributed by atoms with E-state index in [1.165, 1.54) is 11.3 Å². The molecule has 0 bridgehead atoms. The minimum atomic E-state index is -0.250. The standard InChI is InChI=1S/C21H19BrN2O2S/c1-13-4-3-5-14(2)20(13)24-19(25)12-23-21(26)18-11-10-17(27-18)15-6-8-16(22)9-7-15/h3-11H,12H2,1-2H3,(H,23,26)(H,24,25). The van der Waals surface area contributed by atoms with Crippen molar-refractivity contribution < 1.29 is 9.59 Å². The van der Waals surface area contributed by atoms with Crippen molar-refractivity contribution in [3.8, 4) is 10.4 Å². The van der Waals surface area contributed by atoms with Crippen molar-refractivity contribution in [2.45, 2.75) is 13.8 Å². The molecule has 0 saturated heterocycles. The number of amides is 2. The lowest BCUT2D eigenvalue weighted by molar-refractivity contribution is -0.115. The third-order valence-corrected chi connectivity index (χ3v) is 5.78. The Morgan fingerprint density at radius 1 is 0.963 bits per heavy atom. The molecule has 0 atom stereocenters. The van der Waals surface area contributed by atoms with E-state index in [0.717, 1.165) is 31.7 Å². The third-order valence-electron chi connectivity index (χ3n) is 4.11. The maximum atomic E-state index is 12.3. The van der Waals surface area contributed by atoms with Crippen LogP contribution < -0.4 is 10.6 Å². The largest absolute Gasteiger partial charge is 0.342 e. The van der Waals surface area contributed by atoms with Crippen LogP contribution in [0.1, 0.15) is 20.8 Å². The van der Waals surface area contributed by atoms with Crippen LogP contribution in [0.15, 0.2) is 59.1 Å². The molecule has 27 heavy (non-hydrogen) atoms. The van der Waals surface area contributed by atoms with E-state index < -0.39 is 0 Å². The van der Waals surface area contributed by atoms with Gasteiger partial charge in [0, 0.05) is 15.0 Å². The first-order valence-electron chi connectivity index (χ1n) is 8.44. The number of thiophene rings is 1. The number of hydrogen-bond acceptors (Lipinski definition) is 3. The summed E-state index contributed by atoms with van der Waals surface area (Å²) in [5.74, 6) is -0.495. The first-order valence-corrected chi connectivity index (χ1v) is 10.0. The van der Waals surface area contributed by atoms with Crippen molar-refractivity contribution in [3.63, 3.8) is 0 Å². The number of para-hydroxylation sites is 1. The molecule has 4 nitrogen and oxygen atoms in total. The number of carbonyl (C=O) groups is 2. The van der Waals surface area contributed by atoms with Crippen molar-refractivity contribution in [2.24, 2.45) is 0 Å². The number of nitrogens with one attached hydrogen (secondary N) is 2. The monoisotopic (exact) mass is 442 g/mol. The highest BCUT2D eigenvalue weighted by Gasteiger charge is 2.13. The van der Waals surface area contributed by atoms with Gasteiger partial charge in [0.15, 0.2) is 0 Å². The first-order chi connectivity index (χ1) is 12.9. The molecule has 3 rings (SSSR count). The molecule has 6 heteroatoms. The molecule has 2 N–H and O–H groups in total. The maximum absolute atomic E-state index is 12.3. The molecule has 0 aliphatic rings. The lowest BCUT2D eigenvalue weighted by Crippen LogP contribution is -2.32. The van der Waals surface area contributed by atoms with Gasteiger partial charge in [-0.1, -0.05) is 46.3 Å². The minimum absolute atomic E-state index is 0.0713. The summed E-state index contributed by atoms with van der Waals surface area (Å²) in [5.41, 5.74) is 3.83. The number of rotatable bonds is 5. The van der Waals surface area contributed by atoms with Gasteiger partial charge in [-0.25, -0.2) is 0 Å². The molecule has 1 heterocycles. The summed E-state index contributed by atoms with van der Waals surface area (Å²) in [6, 6.07) is 17.4. The molecule has 0 saturated carbocycles. The number of halogens is 1. The Morgan fingerprint density at radius 3 is 2.30 bits per heavy atom. The first kappa shape index (κ1) is 19.3. The molecule has 2 aromatic carbocycles. The molecular formula is C21H19BrN2O2S. The van der Waals surface area contributed by atoms with Gasteiger partial charge in [0.2, 0.25) is 5.91 Å². The van der Waals surface area contributed by atoms with Crippen LogP contribution in [0.3, 0.4) is 0 Å². The van der Waals surface area contributed by atoms with Crippen molar-refractivity contribution >= 4 is 44.8 Å². The molecule has 0 spiro atoms. The number of anilines is 1. The minimum Gasteiger partial charge on any atom is -0.342 e. The Bertz CT molecular complexity index is 960. The number of benzene rings is 2. The fraction of sp³-hybridized carbons (Fsp3) is 0.143. The molecule has 0 aliphatic carbocycles. The smallest absolute Gasteiger partial charge is 0.261 e. The molecule has 0 radical (unpaired) electrons. The molecule has 138 valence electrons. The van der Waals surface area contributed by atoms with Gasteiger partial charge in [-0.2, -0.15) is 0 Å².